The van der Waals surface area contributed by atoms with Gasteiger partial charge in [-0.3, -0.25) is 33.4 Å². The van der Waals surface area contributed by atoms with E-state index in [1.54, 1.807) is 54.1 Å². The number of pyridine rings is 1. The zero-order chi connectivity index (χ0) is 37.5. The molecule has 1 unspecified atom stereocenters. The second-order valence-corrected chi connectivity index (χ2v) is 14.5. The summed E-state index contributed by atoms with van der Waals surface area (Å²) in [4.78, 5) is 52.0. The zero-order valence-corrected chi connectivity index (χ0v) is 30.0. The molecule has 1 aliphatic carbocycles. The largest absolute Gasteiger partial charge is 0.502 e. The molecular formula is C35H44F2N5O8P. The van der Waals surface area contributed by atoms with Crippen LogP contribution in [0.4, 0.5) is 8.78 Å². The summed E-state index contributed by atoms with van der Waals surface area (Å²) in [6, 6.07) is 11.3. The average Bonchev–Trinajstić information content (AvgIpc) is 3.55. The Kier molecular flexibility index (Phi) is 12.6. The van der Waals surface area contributed by atoms with E-state index >= 15 is 0 Å². The van der Waals surface area contributed by atoms with Crippen molar-refractivity contribution in [2.45, 2.75) is 78.1 Å². The summed E-state index contributed by atoms with van der Waals surface area (Å²) in [6.45, 7) is 7.13. The van der Waals surface area contributed by atoms with Gasteiger partial charge in [-0.05, 0) is 64.7 Å². The molecular weight excluding hydrogens is 687 g/mol. The van der Waals surface area contributed by atoms with E-state index in [-0.39, 0.29) is 49.1 Å². The van der Waals surface area contributed by atoms with Gasteiger partial charge in [-0.2, -0.15) is 0 Å². The number of halogens is 2. The van der Waals surface area contributed by atoms with Crippen molar-refractivity contribution in [3.63, 3.8) is 0 Å². The highest BCUT2D eigenvalue weighted by molar-refractivity contribution is 7.56. The molecule has 0 radical (unpaired) electrons. The van der Waals surface area contributed by atoms with Gasteiger partial charge in [-0.15, -0.1) is 0 Å². The summed E-state index contributed by atoms with van der Waals surface area (Å²) in [5.74, 6) is -3.93. The van der Waals surface area contributed by atoms with Gasteiger partial charge < -0.3 is 24.6 Å². The number of hydrogen-bond donors (Lipinski definition) is 3. The lowest BCUT2D eigenvalue weighted by atomic mass is 10.0. The molecule has 2 aliphatic rings. The first kappa shape index (κ1) is 39.0. The van der Waals surface area contributed by atoms with E-state index in [1.165, 1.54) is 4.68 Å². The fraction of sp³-hybridized carbons (Fsp3) is 0.429. The molecule has 16 heteroatoms. The van der Waals surface area contributed by atoms with E-state index in [0.29, 0.717) is 31.1 Å². The number of nitrogens with zero attached hydrogens (tertiary/aromatic N) is 3. The molecule has 1 fully saturated rings. The molecule has 2 aromatic carbocycles. The maximum atomic E-state index is 14.1. The third-order valence-electron chi connectivity index (χ3n) is 8.56. The molecule has 1 atom stereocenters. The minimum Gasteiger partial charge on any atom is -0.502 e. The molecule has 1 aromatic heterocycles. The van der Waals surface area contributed by atoms with Crippen molar-refractivity contribution in [3.05, 3.63) is 93.4 Å². The lowest BCUT2D eigenvalue weighted by Crippen LogP contribution is -2.70. The second-order valence-electron chi connectivity index (χ2n) is 12.4. The van der Waals surface area contributed by atoms with E-state index in [1.807, 2.05) is 13.8 Å². The Morgan fingerprint density at radius 3 is 2.31 bits per heavy atom. The summed E-state index contributed by atoms with van der Waals surface area (Å²) in [5.41, 5.74) is 3.25. The molecule has 276 valence electrons. The van der Waals surface area contributed by atoms with Crippen molar-refractivity contribution in [3.8, 4) is 11.5 Å². The monoisotopic (exact) mass is 731 g/mol. The lowest BCUT2D eigenvalue weighted by Gasteiger charge is -2.54. The highest BCUT2D eigenvalue weighted by Crippen LogP contribution is 2.44. The van der Waals surface area contributed by atoms with Gasteiger partial charge >= 0.3 is 13.5 Å². The Balaban J connectivity index is 0.000000652. The smallest absolute Gasteiger partial charge is 0.315 e. The molecule has 0 saturated heterocycles. The Morgan fingerprint density at radius 1 is 1.08 bits per heavy atom. The standard InChI is InChI=1S/C29H32F2N5O6P.C6H12O2/c1-2-34-28(40)24-26(38)25(37)22(27(39)33-17-19-10-11-20(30)16-23(19)31)18-35(24)36(29(34)12-6-7-13-29)14-15-43(32,41)42-21-8-4-3-5-9-21;1-4-6(7)8-5(2)3/h3-5,8-11,16,18,38H,2,6-7,12-15,17H2,1H3,(H2,32,41)(H,33,39);5H,4H2,1-3H3. The predicted octanol–water partition coefficient (Wildman–Crippen LogP) is 5.02. The van der Waals surface area contributed by atoms with Crippen LogP contribution in [0.3, 0.4) is 0 Å². The number of para-hydroxylation sites is 1. The maximum Gasteiger partial charge on any atom is 0.315 e. The summed E-state index contributed by atoms with van der Waals surface area (Å²) >= 11 is 0. The lowest BCUT2D eigenvalue weighted by molar-refractivity contribution is -0.146. The van der Waals surface area contributed by atoms with E-state index in [2.05, 4.69) is 5.32 Å². The summed E-state index contributed by atoms with van der Waals surface area (Å²) in [6.07, 6.45) is 4.13. The maximum absolute atomic E-state index is 14.1. The second kappa shape index (κ2) is 16.5. The van der Waals surface area contributed by atoms with Crippen LogP contribution < -0.4 is 25.8 Å². The number of amides is 2. The number of carbonyl (C=O) groups excluding carboxylic acids is 3. The molecule has 5 rings (SSSR count). The van der Waals surface area contributed by atoms with Crippen molar-refractivity contribution >= 4 is 25.3 Å². The number of aromatic hydroxyl groups is 1. The van der Waals surface area contributed by atoms with Crippen LogP contribution in [0.1, 0.15) is 86.2 Å². The Bertz CT molecular complexity index is 1850. The summed E-state index contributed by atoms with van der Waals surface area (Å²) in [5, 5.41) is 15.1. The van der Waals surface area contributed by atoms with Crippen LogP contribution in [0.15, 0.2) is 59.5 Å². The number of rotatable bonds is 11. The van der Waals surface area contributed by atoms with Gasteiger partial charge in [0.15, 0.2) is 11.4 Å². The van der Waals surface area contributed by atoms with Crippen LogP contribution in [0, 0.1) is 11.6 Å². The van der Waals surface area contributed by atoms with Crippen LogP contribution in [0.5, 0.6) is 11.5 Å². The quantitative estimate of drug-likeness (QED) is 0.180. The van der Waals surface area contributed by atoms with Gasteiger partial charge in [-0.1, -0.05) is 31.2 Å². The minimum atomic E-state index is -3.72. The Morgan fingerprint density at radius 2 is 1.75 bits per heavy atom. The molecule has 51 heavy (non-hydrogen) atoms. The number of carbonyl (C=O) groups is 3. The van der Waals surface area contributed by atoms with Crippen molar-refractivity contribution in [2.75, 3.05) is 24.3 Å². The fourth-order valence-electron chi connectivity index (χ4n) is 6.24. The first-order valence-corrected chi connectivity index (χ1v) is 18.6. The molecule has 4 N–H and O–H groups in total. The van der Waals surface area contributed by atoms with Gasteiger partial charge in [-0.25, -0.2) is 14.3 Å². The first-order valence-electron chi connectivity index (χ1n) is 16.8. The molecule has 1 aliphatic heterocycles. The zero-order valence-electron chi connectivity index (χ0n) is 29.1. The van der Waals surface area contributed by atoms with E-state index in [9.17, 15) is 37.6 Å². The van der Waals surface area contributed by atoms with Gasteiger partial charge in [0.05, 0.1) is 12.3 Å². The number of nitrogens with one attached hydrogen (secondary N) is 1. The van der Waals surface area contributed by atoms with Gasteiger partial charge in [0.2, 0.25) is 5.43 Å². The molecule has 0 bridgehead atoms. The molecule has 1 saturated carbocycles. The van der Waals surface area contributed by atoms with E-state index < -0.39 is 53.4 Å². The summed E-state index contributed by atoms with van der Waals surface area (Å²) < 4.78 is 52.4. The molecule has 1 spiro atoms. The number of ether oxygens (including phenoxy) is 1. The van der Waals surface area contributed by atoms with Gasteiger partial charge in [0.25, 0.3) is 11.8 Å². The average molecular weight is 732 g/mol. The Labute approximate surface area is 294 Å². The minimum absolute atomic E-state index is 0.0123. The number of esters is 1. The van der Waals surface area contributed by atoms with Crippen molar-refractivity contribution in [1.82, 2.24) is 14.9 Å². The summed E-state index contributed by atoms with van der Waals surface area (Å²) in [7, 11) is -3.72. The number of nitrogens with two attached hydrogens (primary N) is 1. The third-order valence-corrected chi connectivity index (χ3v) is 9.90. The number of fused-ring (bicyclic) bond motifs is 1. The highest BCUT2D eigenvalue weighted by atomic mass is 31.2. The van der Waals surface area contributed by atoms with Gasteiger partial charge in [0.1, 0.15) is 28.6 Å². The topological polar surface area (TPSA) is 173 Å². The van der Waals surface area contributed by atoms with Crippen molar-refractivity contribution in [2.24, 2.45) is 5.50 Å². The van der Waals surface area contributed by atoms with E-state index in [4.69, 9.17) is 14.8 Å². The van der Waals surface area contributed by atoms with Crippen LogP contribution >= 0.6 is 7.52 Å². The molecule has 3 aromatic rings. The van der Waals surface area contributed by atoms with E-state index in [0.717, 1.165) is 31.2 Å². The molecule has 2 amide bonds. The normalized spacial score (nSPS) is 15.9. The van der Waals surface area contributed by atoms with Crippen LogP contribution in [-0.4, -0.2) is 63.5 Å². The van der Waals surface area contributed by atoms with Crippen LogP contribution in [0.2, 0.25) is 0 Å². The third kappa shape index (κ3) is 8.95. The SMILES string of the molecule is CCC(=O)OC(C)C.CCN1C(=O)c2c(O)c(=O)c(C(=O)NCc3ccc(F)cc3F)cn2N(CCP(N)(=O)Oc2ccccc2)C12CCCC2. The molecule has 13 nitrogen and oxygen atoms in total. The van der Waals surface area contributed by atoms with Crippen molar-refractivity contribution in [1.29, 1.82) is 0 Å². The molecule has 2 heterocycles. The van der Waals surface area contributed by atoms with Crippen LogP contribution in [0.25, 0.3) is 0 Å². The first-order chi connectivity index (χ1) is 24.1. The highest BCUT2D eigenvalue weighted by Gasteiger charge is 2.52. The predicted molar refractivity (Wildman–Crippen MR) is 186 cm³/mol. The number of hydrogen-bond acceptors (Lipinski definition) is 9. The number of aromatic nitrogens is 1. The van der Waals surface area contributed by atoms with Crippen molar-refractivity contribution < 1.29 is 42.1 Å². The van der Waals surface area contributed by atoms with Gasteiger partial charge in [0, 0.05) is 43.9 Å². The Hall–Kier alpha value is -4.75. The number of benzene rings is 2. The van der Waals surface area contributed by atoms with Crippen LogP contribution in [-0.2, 0) is 20.6 Å². The fourth-order valence-corrected chi connectivity index (χ4v) is 7.28.